The zero-order valence-electron chi connectivity index (χ0n) is 13.9. The van der Waals surface area contributed by atoms with E-state index in [0.717, 1.165) is 30.8 Å². The van der Waals surface area contributed by atoms with Gasteiger partial charge in [0.1, 0.15) is 10.8 Å². The molecule has 3 heterocycles. The average molecular weight is 346 g/mol. The lowest BCUT2D eigenvalue weighted by molar-refractivity contribution is 0.0916. The summed E-state index contributed by atoms with van der Waals surface area (Å²) in [6.45, 7) is 4.98. The number of nitrogens with zero attached hydrogens (tertiary/aromatic N) is 2. The number of pyridine rings is 1. The molecule has 24 heavy (non-hydrogen) atoms. The van der Waals surface area contributed by atoms with Crippen molar-refractivity contribution < 1.29 is 9.32 Å². The van der Waals surface area contributed by atoms with Crippen LogP contribution in [0.3, 0.4) is 0 Å². The highest BCUT2D eigenvalue weighted by Crippen LogP contribution is 2.24. The van der Waals surface area contributed by atoms with Crippen molar-refractivity contribution in [3.63, 3.8) is 0 Å². The van der Waals surface area contributed by atoms with Crippen LogP contribution in [0.1, 0.15) is 41.6 Å². The normalized spacial score (nSPS) is 20.8. The van der Waals surface area contributed by atoms with Gasteiger partial charge < -0.3 is 15.2 Å². The Hall–Kier alpha value is -1.86. The molecule has 2 N–H and O–H groups in total. The minimum absolute atomic E-state index is 0.0671. The van der Waals surface area contributed by atoms with Crippen LogP contribution in [0.4, 0.5) is 0 Å². The largest absolute Gasteiger partial charge is 0.361 e. The molecule has 0 aliphatic carbocycles. The fourth-order valence-corrected chi connectivity index (χ4v) is 3.67. The third kappa shape index (κ3) is 4.15. The first-order chi connectivity index (χ1) is 11.6. The molecule has 0 bridgehead atoms. The van der Waals surface area contributed by atoms with Gasteiger partial charge >= 0.3 is 0 Å². The molecular formula is C17H22N4O2S. The zero-order valence-corrected chi connectivity index (χ0v) is 14.7. The lowest BCUT2D eigenvalue weighted by Crippen LogP contribution is -2.52. The van der Waals surface area contributed by atoms with E-state index >= 15 is 0 Å². The third-order valence-electron chi connectivity index (χ3n) is 4.13. The van der Waals surface area contributed by atoms with E-state index in [2.05, 4.69) is 27.7 Å². The van der Waals surface area contributed by atoms with E-state index in [1.807, 2.05) is 19.1 Å². The number of amides is 1. The van der Waals surface area contributed by atoms with Gasteiger partial charge in [0.15, 0.2) is 0 Å². The van der Waals surface area contributed by atoms with Crippen molar-refractivity contribution in [2.24, 2.45) is 0 Å². The molecule has 0 radical (unpaired) electrons. The lowest BCUT2D eigenvalue weighted by Gasteiger charge is -2.30. The van der Waals surface area contributed by atoms with Crippen molar-refractivity contribution in [3.05, 3.63) is 41.4 Å². The van der Waals surface area contributed by atoms with Gasteiger partial charge in [-0.1, -0.05) is 16.9 Å². The van der Waals surface area contributed by atoms with Crippen LogP contribution >= 0.6 is 11.8 Å². The Kier molecular flexibility index (Phi) is 5.52. The first-order valence-electron chi connectivity index (χ1n) is 8.18. The van der Waals surface area contributed by atoms with Gasteiger partial charge in [0.25, 0.3) is 5.91 Å². The summed E-state index contributed by atoms with van der Waals surface area (Å²) in [6, 6.07) is 5.95. The molecule has 1 aliphatic heterocycles. The van der Waals surface area contributed by atoms with Crippen LogP contribution in [0.2, 0.25) is 0 Å². The number of aromatic nitrogens is 2. The van der Waals surface area contributed by atoms with E-state index in [1.165, 1.54) is 11.8 Å². The molecule has 1 saturated heterocycles. The van der Waals surface area contributed by atoms with Gasteiger partial charge in [0.05, 0.1) is 11.3 Å². The lowest BCUT2D eigenvalue weighted by atomic mass is 9.99. The molecule has 2 aromatic rings. The highest BCUT2D eigenvalue weighted by atomic mass is 32.2. The van der Waals surface area contributed by atoms with Crippen LogP contribution in [0.5, 0.6) is 0 Å². The van der Waals surface area contributed by atoms with E-state index in [4.69, 9.17) is 4.52 Å². The molecule has 0 spiro atoms. The van der Waals surface area contributed by atoms with Gasteiger partial charge in [-0.25, -0.2) is 4.98 Å². The van der Waals surface area contributed by atoms with Gasteiger partial charge in [-0.05, 0) is 45.4 Å². The highest BCUT2D eigenvalue weighted by molar-refractivity contribution is 7.98. The quantitative estimate of drug-likeness (QED) is 0.810. The molecule has 1 amide bonds. The standard InChI is InChI=1S/C17H22N4O2S/c1-11-9-13(21-23-11)10-24-17-14(5-3-8-19-17)16(22)20-15-6-4-7-18-12(15)2/h3,5,8-9,12,15,18H,4,6-7,10H2,1-2H3,(H,20,22). The SMILES string of the molecule is Cc1cc(CSc2ncccc2C(=O)NC2CCCNC2C)no1. The zero-order chi connectivity index (χ0) is 16.9. The number of piperidine rings is 1. The number of hydrogen-bond donors (Lipinski definition) is 2. The van der Waals surface area contributed by atoms with Gasteiger partial charge in [-0.2, -0.15) is 0 Å². The van der Waals surface area contributed by atoms with Crippen molar-refractivity contribution in [3.8, 4) is 0 Å². The molecule has 0 saturated carbocycles. The van der Waals surface area contributed by atoms with Crippen LogP contribution in [-0.4, -0.2) is 34.7 Å². The Bertz CT molecular complexity index is 703. The van der Waals surface area contributed by atoms with Crippen LogP contribution in [-0.2, 0) is 5.75 Å². The number of carbonyl (C=O) groups is 1. The molecule has 7 heteroatoms. The molecule has 128 valence electrons. The second-order valence-corrected chi connectivity index (χ2v) is 7.00. The molecule has 1 fully saturated rings. The van der Waals surface area contributed by atoms with E-state index in [1.54, 1.807) is 12.3 Å². The van der Waals surface area contributed by atoms with Crippen molar-refractivity contribution in [1.82, 2.24) is 20.8 Å². The summed E-state index contributed by atoms with van der Waals surface area (Å²) in [4.78, 5) is 17.0. The smallest absolute Gasteiger partial charge is 0.254 e. The number of carbonyl (C=O) groups excluding carboxylic acids is 1. The second-order valence-electron chi connectivity index (χ2n) is 6.04. The number of hydrogen-bond acceptors (Lipinski definition) is 6. The Morgan fingerprint density at radius 2 is 2.42 bits per heavy atom. The molecule has 2 unspecified atom stereocenters. The summed E-state index contributed by atoms with van der Waals surface area (Å²) in [6.07, 6.45) is 3.79. The first kappa shape index (κ1) is 17.0. The second kappa shape index (κ2) is 7.81. The molecule has 1 aliphatic rings. The minimum Gasteiger partial charge on any atom is -0.361 e. The Balaban J connectivity index is 1.67. The van der Waals surface area contributed by atoms with Gasteiger partial charge in [0.2, 0.25) is 0 Å². The van der Waals surface area contributed by atoms with Crippen LogP contribution in [0, 0.1) is 6.92 Å². The van der Waals surface area contributed by atoms with Crippen LogP contribution < -0.4 is 10.6 Å². The highest BCUT2D eigenvalue weighted by Gasteiger charge is 2.24. The predicted octanol–water partition coefficient (Wildman–Crippen LogP) is 2.54. The molecular weight excluding hydrogens is 324 g/mol. The van der Waals surface area contributed by atoms with Gasteiger partial charge in [-0.15, -0.1) is 0 Å². The molecule has 2 aromatic heterocycles. The van der Waals surface area contributed by atoms with Crippen molar-refractivity contribution >= 4 is 17.7 Å². The summed E-state index contributed by atoms with van der Waals surface area (Å²) >= 11 is 1.49. The molecule has 2 atom stereocenters. The first-order valence-corrected chi connectivity index (χ1v) is 9.16. The maximum Gasteiger partial charge on any atom is 0.254 e. The summed E-state index contributed by atoms with van der Waals surface area (Å²) in [5, 5.41) is 11.2. The van der Waals surface area contributed by atoms with E-state index in [0.29, 0.717) is 16.3 Å². The van der Waals surface area contributed by atoms with Crippen LogP contribution in [0.15, 0.2) is 33.9 Å². The van der Waals surface area contributed by atoms with E-state index in [9.17, 15) is 4.79 Å². The minimum atomic E-state index is -0.0671. The summed E-state index contributed by atoms with van der Waals surface area (Å²) < 4.78 is 5.07. The summed E-state index contributed by atoms with van der Waals surface area (Å²) in [5.41, 5.74) is 1.46. The van der Waals surface area contributed by atoms with Gasteiger partial charge in [-0.3, -0.25) is 4.79 Å². The monoisotopic (exact) mass is 346 g/mol. The Labute approximate surface area is 145 Å². The maximum atomic E-state index is 12.7. The maximum absolute atomic E-state index is 12.7. The fraction of sp³-hybridized carbons (Fsp3) is 0.471. The number of rotatable bonds is 5. The molecule has 6 nitrogen and oxygen atoms in total. The summed E-state index contributed by atoms with van der Waals surface area (Å²) in [5.74, 6) is 1.33. The fourth-order valence-electron chi connectivity index (χ4n) is 2.79. The number of aryl methyl sites for hydroxylation is 1. The van der Waals surface area contributed by atoms with Gasteiger partial charge in [0, 0.05) is 30.1 Å². The van der Waals surface area contributed by atoms with E-state index in [-0.39, 0.29) is 18.0 Å². The predicted molar refractivity (Wildman–Crippen MR) is 93.0 cm³/mol. The number of nitrogens with one attached hydrogen (secondary N) is 2. The van der Waals surface area contributed by atoms with Crippen molar-refractivity contribution in [2.75, 3.05) is 6.54 Å². The summed E-state index contributed by atoms with van der Waals surface area (Å²) in [7, 11) is 0. The topological polar surface area (TPSA) is 80.0 Å². The molecule has 0 aromatic carbocycles. The average Bonchev–Trinajstić information content (AvgIpc) is 3.01. The van der Waals surface area contributed by atoms with E-state index < -0.39 is 0 Å². The Morgan fingerprint density at radius 3 is 3.17 bits per heavy atom. The Morgan fingerprint density at radius 1 is 1.54 bits per heavy atom. The van der Waals surface area contributed by atoms with Crippen molar-refractivity contribution in [1.29, 1.82) is 0 Å². The van der Waals surface area contributed by atoms with Crippen molar-refractivity contribution in [2.45, 2.75) is 49.6 Å². The molecule has 3 rings (SSSR count). The van der Waals surface area contributed by atoms with Crippen LogP contribution in [0.25, 0.3) is 0 Å². The number of thioether (sulfide) groups is 1. The third-order valence-corrected chi connectivity index (χ3v) is 5.17.